The van der Waals surface area contributed by atoms with E-state index in [4.69, 9.17) is 0 Å². The van der Waals surface area contributed by atoms with Gasteiger partial charge in [-0.25, -0.2) is 4.39 Å². The lowest BCUT2D eigenvalue weighted by molar-refractivity contribution is 0.453. The van der Waals surface area contributed by atoms with Crippen molar-refractivity contribution >= 4 is 0 Å². The van der Waals surface area contributed by atoms with Crippen molar-refractivity contribution in [1.82, 2.24) is 0 Å². The van der Waals surface area contributed by atoms with E-state index in [1.165, 1.54) is 12.1 Å². The molecule has 0 aliphatic carbocycles. The van der Waals surface area contributed by atoms with E-state index in [0.717, 1.165) is 24.8 Å². The lowest BCUT2D eigenvalue weighted by atomic mass is 9.98. The molecule has 1 atom stereocenters. The molecule has 0 heterocycles. The highest BCUT2D eigenvalue weighted by Gasteiger charge is 2.04. The molecule has 1 N–H and O–H groups in total. The van der Waals surface area contributed by atoms with Gasteiger partial charge in [-0.1, -0.05) is 26.3 Å². The van der Waals surface area contributed by atoms with Crippen molar-refractivity contribution in [3.05, 3.63) is 29.6 Å². The number of hydrogen-bond donors (Lipinski definition) is 1. The molecule has 0 bridgehead atoms. The highest BCUT2D eigenvalue weighted by molar-refractivity contribution is 5.32. The number of benzene rings is 1. The van der Waals surface area contributed by atoms with Crippen LogP contribution in [0.3, 0.4) is 0 Å². The fourth-order valence-corrected chi connectivity index (χ4v) is 1.35. The fraction of sp³-hybridized carbons (Fsp3) is 0.500. The van der Waals surface area contributed by atoms with Crippen LogP contribution in [0.4, 0.5) is 4.39 Å². The van der Waals surface area contributed by atoms with Crippen LogP contribution in [-0.4, -0.2) is 5.11 Å². The molecule has 1 rings (SSSR count). The average Bonchev–Trinajstić information content (AvgIpc) is 2.16. The van der Waals surface area contributed by atoms with Crippen LogP contribution < -0.4 is 0 Å². The summed E-state index contributed by atoms with van der Waals surface area (Å²) in [7, 11) is 0. The maximum absolute atomic E-state index is 12.7. The molecule has 1 unspecified atom stereocenters. The highest BCUT2D eigenvalue weighted by Crippen LogP contribution is 2.21. The van der Waals surface area contributed by atoms with Crippen molar-refractivity contribution in [2.75, 3.05) is 0 Å². The van der Waals surface area contributed by atoms with Gasteiger partial charge in [-0.2, -0.15) is 0 Å². The van der Waals surface area contributed by atoms with Gasteiger partial charge in [-0.15, -0.1) is 0 Å². The largest absolute Gasteiger partial charge is 0.508 e. The van der Waals surface area contributed by atoms with Crippen molar-refractivity contribution in [2.45, 2.75) is 33.1 Å². The summed E-state index contributed by atoms with van der Waals surface area (Å²) >= 11 is 0. The van der Waals surface area contributed by atoms with Crippen molar-refractivity contribution in [1.29, 1.82) is 0 Å². The standard InChI is InChI=1S/C12H17FO/c1-3-9(2)4-5-10-6-7-11(13)8-12(10)14/h6-9,14H,3-5H2,1-2H3. The van der Waals surface area contributed by atoms with Crippen LogP contribution in [0.25, 0.3) is 0 Å². The molecule has 2 heteroatoms. The third kappa shape index (κ3) is 3.02. The van der Waals surface area contributed by atoms with Gasteiger partial charge in [-0.05, 0) is 30.4 Å². The second kappa shape index (κ2) is 4.99. The van der Waals surface area contributed by atoms with Gasteiger partial charge in [0.2, 0.25) is 0 Å². The molecule has 1 aromatic rings. The van der Waals surface area contributed by atoms with Crippen LogP contribution in [0.5, 0.6) is 5.75 Å². The monoisotopic (exact) mass is 196 g/mol. The molecule has 0 saturated heterocycles. The minimum Gasteiger partial charge on any atom is -0.508 e. The molecule has 0 aliphatic heterocycles. The summed E-state index contributed by atoms with van der Waals surface area (Å²) in [5.41, 5.74) is 0.840. The van der Waals surface area contributed by atoms with Crippen LogP contribution in [0.2, 0.25) is 0 Å². The Morgan fingerprint density at radius 1 is 1.43 bits per heavy atom. The van der Waals surface area contributed by atoms with Gasteiger partial charge in [0.15, 0.2) is 0 Å². The predicted octanol–water partition coefficient (Wildman–Crippen LogP) is 3.51. The van der Waals surface area contributed by atoms with E-state index in [2.05, 4.69) is 13.8 Å². The molecule has 0 aliphatic rings. The summed E-state index contributed by atoms with van der Waals surface area (Å²) in [6.07, 6.45) is 3.00. The van der Waals surface area contributed by atoms with Gasteiger partial charge in [0.1, 0.15) is 11.6 Å². The molecular weight excluding hydrogens is 179 g/mol. The van der Waals surface area contributed by atoms with E-state index in [9.17, 15) is 9.50 Å². The smallest absolute Gasteiger partial charge is 0.126 e. The van der Waals surface area contributed by atoms with Gasteiger partial charge >= 0.3 is 0 Å². The Morgan fingerprint density at radius 2 is 2.14 bits per heavy atom. The molecule has 0 radical (unpaired) electrons. The molecule has 78 valence electrons. The fourth-order valence-electron chi connectivity index (χ4n) is 1.35. The lowest BCUT2D eigenvalue weighted by Gasteiger charge is -2.09. The molecule has 0 spiro atoms. The minimum atomic E-state index is -0.380. The Kier molecular flexibility index (Phi) is 3.93. The zero-order chi connectivity index (χ0) is 10.6. The van der Waals surface area contributed by atoms with Crippen LogP contribution in [0.1, 0.15) is 32.3 Å². The molecule has 14 heavy (non-hydrogen) atoms. The Morgan fingerprint density at radius 3 is 2.71 bits per heavy atom. The van der Waals surface area contributed by atoms with E-state index in [1.54, 1.807) is 6.07 Å². The Bertz CT molecular complexity index is 296. The number of phenolic OH excluding ortho intramolecular Hbond substituents is 1. The van der Waals surface area contributed by atoms with E-state index in [-0.39, 0.29) is 11.6 Å². The molecule has 0 fully saturated rings. The molecule has 1 nitrogen and oxygen atoms in total. The van der Waals surface area contributed by atoms with E-state index in [0.29, 0.717) is 5.92 Å². The second-order valence-electron chi connectivity index (χ2n) is 3.83. The van der Waals surface area contributed by atoms with E-state index in [1.807, 2.05) is 0 Å². The number of phenols is 1. The van der Waals surface area contributed by atoms with Crippen molar-refractivity contribution in [3.63, 3.8) is 0 Å². The molecular formula is C12H17FO. The number of hydrogen-bond acceptors (Lipinski definition) is 1. The first kappa shape index (κ1) is 11.0. The zero-order valence-corrected chi connectivity index (χ0v) is 8.76. The summed E-state index contributed by atoms with van der Waals surface area (Å²) in [5, 5.41) is 9.44. The summed E-state index contributed by atoms with van der Waals surface area (Å²) < 4.78 is 12.7. The van der Waals surface area contributed by atoms with Crippen LogP contribution in [-0.2, 0) is 6.42 Å². The summed E-state index contributed by atoms with van der Waals surface area (Å²) in [6.45, 7) is 4.33. The summed E-state index contributed by atoms with van der Waals surface area (Å²) in [5.74, 6) is 0.350. The Hall–Kier alpha value is -1.05. The average molecular weight is 196 g/mol. The normalized spacial score (nSPS) is 12.8. The predicted molar refractivity (Wildman–Crippen MR) is 55.8 cm³/mol. The number of halogens is 1. The quantitative estimate of drug-likeness (QED) is 0.781. The van der Waals surface area contributed by atoms with E-state index < -0.39 is 0 Å². The first-order valence-corrected chi connectivity index (χ1v) is 5.11. The first-order chi connectivity index (χ1) is 6.63. The highest BCUT2D eigenvalue weighted by atomic mass is 19.1. The van der Waals surface area contributed by atoms with Gasteiger partial charge in [0.05, 0.1) is 0 Å². The third-order valence-electron chi connectivity index (χ3n) is 2.65. The topological polar surface area (TPSA) is 20.2 Å². The van der Waals surface area contributed by atoms with Crippen LogP contribution in [0.15, 0.2) is 18.2 Å². The summed E-state index contributed by atoms with van der Waals surface area (Å²) in [6, 6.07) is 4.23. The Labute approximate surface area is 84.6 Å². The van der Waals surface area contributed by atoms with Crippen molar-refractivity contribution in [3.8, 4) is 5.75 Å². The van der Waals surface area contributed by atoms with Crippen LogP contribution in [0, 0.1) is 11.7 Å². The molecule has 0 saturated carbocycles. The number of aryl methyl sites for hydroxylation is 1. The SMILES string of the molecule is CCC(C)CCc1ccc(F)cc1O. The maximum Gasteiger partial charge on any atom is 0.126 e. The second-order valence-corrected chi connectivity index (χ2v) is 3.83. The maximum atomic E-state index is 12.7. The van der Waals surface area contributed by atoms with E-state index >= 15 is 0 Å². The van der Waals surface area contributed by atoms with Gasteiger partial charge < -0.3 is 5.11 Å². The molecule has 0 aromatic heterocycles. The number of rotatable bonds is 4. The van der Waals surface area contributed by atoms with Gasteiger partial charge in [0, 0.05) is 6.07 Å². The minimum absolute atomic E-state index is 0.0771. The van der Waals surface area contributed by atoms with Gasteiger partial charge in [-0.3, -0.25) is 0 Å². The third-order valence-corrected chi connectivity index (χ3v) is 2.65. The van der Waals surface area contributed by atoms with Crippen molar-refractivity contribution < 1.29 is 9.50 Å². The number of aromatic hydroxyl groups is 1. The zero-order valence-electron chi connectivity index (χ0n) is 8.76. The van der Waals surface area contributed by atoms with Crippen LogP contribution >= 0.6 is 0 Å². The Balaban J connectivity index is 2.59. The molecule has 0 amide bonds. The van der Waals surface area contributed by atoms with Gasteiger partial charge in [0.25, 0.3) is 0 Å². The molecule has 1 aromatic carbocycles. The first-order valence-electron chi connectivity index (χ1n) is 5.11. The summed E-state index contributed by atoms with van der Waals surface area (Å²) in [4.78, 5) is 0. The lowest BCUT2D eigenvalue weighted by Crippen LogP contribution is -1.96. The van der Waals surface area contributed by atoms with Crippen molar-refractivity contribution in [2.24, 2.45) is 5.92 Å².